The molecule has 1 heterocycles. The van der Waals surface area contributed by atoms with Crippen molar-refractivity contribution in [3.8, 4) is 11.5 Å². The summed E-state index contributed by atoms with van der Waals surface area (Å²) in [6, 6.07) is 12.4. The number of carbonyl (C=O) groups excluding carboxylic acids is 1. The minimum atomic E-state index is -3.72. The van der Waals surface area contributed by atoms with E-state index in [4.69, 9.17) is 9.47 Å². The Bertz CT molecular complexity index is 1070. The van der Waals surface area contributed by atoms with Crippen LogP contribution in [0.15, 0.2) is 42.5 Å². The number of aryl methyl sites for hydroxylation is 1. The van der Waals surface area contributed by atoms with E-state index in [1.54, 1.807) is 24.3 Å². The maximum atomic E-state index is 13.0. The minimum Gasteiger partial charge on any atom is -0.492 e. The highest BCUT2D eigenvalue weighted by Crippen LogP contribution is 2.40. The first-order chi connectivity index (χ1) is 14.5. The lowest BCUT2D eigenvalue weighted by Crippen LogP contribution is -2.45. The Balaban J connectivity index is 1.87. The molecule has 0 saturated heterocycles. The zero-order chi connectivity index (χ0) is 22.8. The Morgan fingerprint density at radius 2 is 1.97 bits per heavy atom. The van der Waals surface area contributed by atoms with E-state index in [9.17, 15) is 13.2 Å². The number of nitrogens with zero attached hydrogens (tertiary/aromatic N) is 1. The van der Waals surface area contributed by atoms with Crippen molar-refractivity contribution < 1.29 is 22.7 Å². The smallest absolute Gasteiger partial charge is 0.241 e. The second-order valence-corrected chi connectivity index (χ2v) is 10.3. The summed E-state index contributed by atoms with van der Waals surface area (Å²) in [6.45, 7) is 7.78. The summed E-state index contributed by atoms with van der Waals surface area (Å²) in [5.74, 6) is 0.747. The topological polar surface area (TPSA) is 84.9 Å². The molecule has 1 atom stereocenters. The second-order valence-electron chi connectivity index (χ2n) is 8.40. The van der Waals surface area contributed by atoms with Crippen LogP contribution in [-0.4, -0.2) is 39.3 Å². The quantitative estimate of drug-likeness (QED) is 0.703. The summed E-state index contributed by atoms with van der Waals surface area (Å²) in [5, 5.41) is 3.02. The van der Waals surface area contributed by atoms with Gasteiger partial charge in [0, 0.05) is 12.0 Å². The summed E-state index contributed by atoms with van der Waals surface area (Å²) < 4.78 is 37.8. The minimum absolute atomic E-state index is 0.283. The normalized spacial score (nSPS) is 17.3. The molecule has 0 spiro atoms. The molecule has 1 aliphatic heterocycles. The van der Waals surface area contributed by atoms with Crippen molar-refractivity contribution in [1.29, 1.82) is 0 Å². The van der Waals surface area contributed by atoms with Crippen molar-refractivity contribution in [2.45, 2.75) is 45.8 Å². The van der Waals surface area contributed by atoms with Gasteiger partial charge in [0.05, 0.1) is 24.6 Å². The van der Waals surface area contributed by atoms with Crippen LogP contribution < -0.4 is 19.1 Å². The lowest BCUT2D eigenvalue weighted by molar-refractivity contribution is -0.120. The molecule has 31 heavy (non-hydrogen) atoms. The highest BCUT2D eigenvalue weighted by atomic mass is 32.2. The Labute approximate surface area is 184 Å². The zero-order valence-electron chi connectivity index (χ0n) is 18.6. The van der Waals surface area contributed by atoms with Crippen LogP contribution in [0, 0.1) is 6.92 Å². The average Bonchev–Trinajstić information content (AvgIpc) is 2.66. The SMILES string of the molecule is CCOc1ccccc1N(CC(=O)NC1CC(C)(C)Oc2ccc(C)cc21)S(C)(=O)=O. The maximum Gasteiger partial charge on any atom is 0.241 e. The van der Waals surface area contributed by atoms with E-state index < -0.39 is 21.5 Å². The number of anilines is 1. The van der Waals surface area contributed by atoms with Crippen LogP contribution >= 0.6 is 0 Å². The fourth-order valence-corrected chi connectivity index (χ4v) is 4.65. The van der Waals surface area contributed by atoms with Gasteiger partial charge in [-0.25, -0.2) is 8.42 Å². The monoisotopic (exact) mass is 446 g/mol. The molecule has 0 aromatic heterocycles. The second kappa shape index (κ2) is 8.78. The van der Waals surface area contributed by atoms with Crippen LogP contribution in [0.4, 0.5) is 5.69 Å². The number of nitrogens with one attached hydrogen (secondary N) is 1. The van der Waals surface area contributed by atoms with Crippen LogP contribution in [0.3, 0.4) is 0 Å². The van der Waals surface area contributed by atoms with Gasteiger partial charge in [-0.2, -0.15) is 0 Å². The number of fused-ring (bicyclic) bond motifs is 1. The fourth-order valence-electron chi connectivity index (χ4n) is 3.80. The van der Waals surface area contributed by atoms with E-state index in [-0.39, 0.29) is 12.6 Å². The largest absolute Gasteiger partial charge is 0.492 e. The van der Waals surface area contributed by atoms with Gasteiger partial charge in [0.25, 0.3) is 0 Å². The molecule has 0 aliphatic carbocycles. The van der Waals surface area contributed by atoms with Crippen molar-refractivity contribution >= 4 is 21.6 Å². The number of benzene rings is 2. The van der Waals surface area contributed by atoms with E-state index in [0.29, 0.717) is 24.5 Å². The number of hydrogen-bond acceptors (Lipinski definition) is 5. The average molecular weight is 447 g/mol. The van der Waals surface area contributed by atoms with Crippen LogP contribution in [0.25, 0.3) is 0 Å². The maximum absolute atomic E-state index is 13.0. The standard InChI is InChI=1S/C23H30N2O5S/c1-6-29-21-10-8-7-9-19(21)25(31(5,27)28)15-22(26)24-18-14-23(3,4)30-20-12-11-16(2)13-17(18)20/h7-13,18H,6,14-15H2,1-5H3,(H,24,26). The molecule has 0 fully saturated rings. The summed E-state index contributed by atoms with van der Waals surface area (Å²) in [5.41, 5.74) is 1.83. The Morgan fingerprint density at radius 3 is 2.65 bits per heavy atom. The molecule has 1 N–H and O–H groups in total. The van der Waals surface area contributed by atoms with Gasteiger partial charge in [-0.1, -0.05) is 29.8 Å². The van der Waals surface area contributed by atoms with Crippen LogP contribution in [0.2, 0.25) is 0 Å². The van der Waals surface area contributed by atoms with Gasteiger partial charge in [0.2, 0.25) is 15.9 Å². The molecule has 0 radical (unpaired) electrons. The Hall–Kier alpha value is -2.74. The molecule has 2 aromatic carbocycles. The molecule has 2 aromatic rings. The molecular weight excluding hydrogens is 416 g/mol. The summed E-state index contributed by atoms with van der Waals surface area (Å²) in [6.07, 6.45) is 1.66. The molecule has 8 heteroatoms. The predicted octanol–water partition coefficient (Wildman–Crippen LogP) is 3.58. The first-order valence-corrected chi connectivity index (χ1v) is 12.1. The lowest BCUT2D eigenvalue weighted by Gasteiger charge is -2.38. The molecule has 1 aliphatic rings. The lowest BCUT2D eigenvalue weighted by atomic mass is 9.89. The molecule has 0 saturated carbocycles. The number of hydrogen-bond donors (Lipinski definition) is 1. The van der Waals surface area contributed by atoms with E-state index in [2.05, 4.69) is 5.32 Å². The van der Waals surface area contributed by atoms with E-state index >= 15 is 0 Å². The highest BCUT2D eigenvalue weighted by Gasteiger charge is 2.35. The van der Waals surface area contributed by atoms with Crippen molar-refractivity contribution in [3.05, 3.63) is 53.6 Å². The Morgan fingerprint density at radius 1 is 1.26 bits per heavy atom. The van der Waals surface area contributed by atoms with Crippen molar-refractivity contribution in [2.75, 3.05) is 23.7 Å². The van der Waals surface area contributed by atoms with Crippen LogP contribution in [0.5, 0.6) is 11.5 Å². The zero-order valence-corrected chi connectivity index (χ0v) is 19.5. The molecule has 168 valence electrons. The molecular formula is C23H30N2O5S. The molecule has 1 unspecified atom stereocenters. The summed E-state index contributed by atoms with van der Waals surface area (Å²) in [4.78, 5) is 13.0. The van der Waals surface area contributed by atoms with Gasteiger partial charge in [-0.3, -0.25) is 9.10 Å². The third-order valence-corrected chi connectivity index (χ3v) is 6.21. The molecule has 0 bridgehead atoms. The van der Waals surface area contributed by atoms with Gasteiger partial charge < -0.3 is 14.8 Å². The molecule has 7 nitrogen and oxygen atoms in total. The number of sulfonamides is 1. The van der Waals surface area contributed by atoms with E-state index in [1.807, 2.05) is 45.9 Å². The number of carbonyl (C=O) groups is 1. The Kier molecular flexibility index (Phi) is 6.50. The van der Waals surface area contributed by atoms with Gasteiger partial charge in [-0.15, -0.1) is 0 Å². The van der Waals surface area contributed by atoms with Gasteiger partial charge >= 0.3 is 0 Å². The molecule has 1 amide bonds. The fraction of sp³-hybridized carbons (Fsp3) is 0.435. The number of amides is 1. The van der Waals surface area contributed by atoms with E-state index in [1.165, 1.54) is 0 Å². The molecule has 3 rings (SSSR count). The number of rotatable bonds is 7. The first-order valence-electron chi connectivity index (χ1n) is 10.3. The first kappa shape index (κ1) is 22.9. The van der Waals surface area contributed by atoms with Gasteiger partial charge in [0.1, 0.15) is 23.6 Å². The third kappa shape index (κ3) is 5.50. The third-order valence-electron chi connectivity index (χ3n) is 5.08. The van der Waals surface area contributed by atoms with E-state index in [0.717, 1.165) is 27.4 Å². The van der Waals surface area contributed by atoms with Crippen molar-refractivity contribution in [2.24, 2.45) is 0 Å². The summed E-state index contributed by atoms with van der Waals surface area (Å²) >= 11 is 0. The van der Waals surface area contributed by atoms with Gasteiger partial charge in [0.15, 0.2) is 0 Å². The van der Waals surface area contributed by atoms with Crippen LogP contribution in [-0.2, 0) is 14.8 Å². The predicted molar refractivity (Wildman–Crippen MR) is 121 cm³/mol. The number of para-hydroxylation sites is 2. The van der Waals surface area contributed by atoms with Crippen molar-refractivity contribution in [3.63, 3.8) is 0 Å². The highest BCUT2D eigenvalue weighted by molar-refractivity contribution is 7.92. The summed E-state index contributed by atoms with van der Waals surface area (Å²) in [7, 11) is -3.72. The number of ether oxygens (including phenoxy) is 2. The van der Waals surface area contributed by atoms with Gasteiger partial charge in [-0.05, 0) is 45.9 Å². The van der Waals surface area contributed by atoms with Crippen molar-refractivity contribution in [1.82, 2.24) is 5.32 Å². The van der Waals surface area contributed by atoms with Crippen LogP contribution in [0.1, 0.15) is 44.4 Å².